The molecule has 0 saturated heterocycles. The Balaban J connectivity index is 2.11. The van der Waals surface area contributed by atoms with Gasteiger partial charge in [0.1, 0.15) is 11.6 Å². The lowest BCUT2D eigenvalue weighted by atomic mass is 10.2. The van der Waals surface area contributed by atoms with Crippen LogP contribution in [0.3, 0.4) is 0 Å². The number of aryl methyl sites for hydroxylation is 1. The molecule has 0 aromatic heterocycles. The second-order valence-corrected chi connectivity index (χ2v) is 7.90. The van der Waals surface area contributed by atoms with Crippen LogP contribution in [0, 0.1) is 12.7 Å². The van der Waals surface area contributed by atoms with E-state index < -0.39 is 15.8 Å². The Morgan fingerprint density at radius 1 is 0.926 bits per heavy atom. The highest BCUT2D eigenvalue weighted by molar-refractivity contribution is 7.92. The summed E-state index contributed by atoms with van der Waals surface area (Å²) in [5.74, 6) is 0.161. The first-order valence-corrected chi connectivity index (χ1v) is 9.83. The average molecular weight is 385 g/mol. The predicted octanol–water partition coefficient (Wildman–Crippen LogP) is 4.54. The number of benzene rings is 3. The van der Waals surface area contributed by atoms with Crippen LogP contribution >= 0.6 is 0 Å². The number of anilines is 1. The lowest BCUT2D eigenvalue weighted by molar-refractivity contribution is 0.415. The summed E-state index contributed by atoms with van der Waals surface area (Å²) in [5.41, 5.74) is 1.36. The van der Waals surface area contributed by atoms with E-state index in [1.807, 2.05) is 0 Å². The molecule has 3 rings (SSSR count). The number of ether oxygens (including phenoxy) is 1. The highest BCUT2D eigenvalue weighted by Gasteiger charge is 2.27. The summed E-state index contributed by atoms with van der Waals surface area (Å²) in [5, 5.41) is 0. The van der Waals surface area contributed by atoms with Crippen molar-refractivity contribution in [2.45, 2.75) is 18.4 Å². The van der Waals surface area contributed by atoms with Gasteiger partial charge < -0.3 is 4.74 Å². The Morgan fingerprint density at radius 2 is 1.56 bits per heavy atom. The summed E-state index contributed by atoms with van der Waals surface area (Å²) >= 11 is 0. The molecule has 0 aliphatic rings. The van der Waals surface area contributed by atoms with E-state index in [1.165, 1.54) is 17.5 Å². The van der Waals surface area contributed by atoms with Crippen molar-refractivity contribution in [3.63, 3.8) is 0 Å². The number of rotatable bonds is 6. The Hall–Kier alpha value is -2.86. The highest BCUT2D eigenvalue weighted by atomic mass is 32.2. The fourth-order valence-corrected chi connectivity index (χ4v) is 4.48. The van der Waals surface area contributed by atoms with Crippen LogP contribution in [-0.4, -0.2) is 15.5 Å². The second kappa shape index (κ2) is 7.80. The van der Waals surface area contributed by atoms with Gasteiger partial charge in [-0.3, -0.25) is 4.31 Å². The molecule has 3 aromatic rings. The van der Waals surface area contributed by atoms with E-state index in [0.717, 1.165) is 0 Å². The normalized spacial score (nSPS) is 11.2. The number of sulfonamides is 1. The van der Waals surface area contributed by atoms with Gasteiger partial charge in [0.05, 0.1) is 24.2 Å². The smallest absolute Gasteiger partial charge is 0.264 e. The minimum atomic E-state index is -3.89. The van der Waals surface area contributed by atoms with Crippen molar-refractivity contribution in [2.24, 2.45) is 0 Å². The van der Waals surface area contributed by atoms with E-state index in [-0.39, 0.29) is 11.4 Å². The molecule has 0 aliphatic heterocycles. The third kappa shape index (κ3) is 3.95. The Bertz CT molecular complexity index is 1030. The molecule has 27 heavy (non-hydrogen) atoms. The highest BCUT2D eigenvalue weighted by Crippen LogP contribution is 2.29. The van der Waals surface area contributed by atoms with Gasteiger partial charge >= 0.3 is 0 Å². The zero-order valence-corrected chi connectivity index (χ0v) is 15.9. The number of halogens is 1. The molecule has 0 N–H and O–H groups in total. The Kier molecular flexibility index (Phi) is 5.46. The molecule has 140 valence electrons. The van der Waals surface area contributed by atoms with E-state index in [4.69, 9.17) is 4.74 Å². The van der Waals surface area contributed by atoms with Crippen LogP contribution in [0.25, 0.3) is 0 Å². The lowest BCUT2D eigenvalue weighted by Gasteiger charge is -2.26. The summed E-state index contributed by atoms with van der Waals surface area (Å²) in [6, 6.07) is 19.6. The van der Waals surface area contributed by atoms with E-state index in [1.54, 1.807) is 73.7 Å². The molecule has 0 saturated carbocycles. The largest absolute Gasteiger partial charge is 0.497 e. The molecule has 0 bridgehead atoms. The summed E-state index contributed by atoms with van der Waals surface area (Å²) in [6.45, 7) is 1.62. The molecule has 0 amide bonds. The van der Waals surface area contributed by atoms with E-state index in [9.17, 15) is 12.8 Å². The second-order valence-electron chi connectivity index (χ2n) is 6.07. The molecule has 0 heterocycles. The summed E-state index contributed by atoms with van der Waals surface area (Å²) in [7, 11) is -2.36. The van der Waals surface area contributed by atoms with Crippen LogP contribution in [0.1, 0.15) is 11.1 Å². The van der Waals surface area contributed by atoms with E-state index in [2.05, 4.69) is 0 Å². The lowest BCUT2D eigenvalue weighted by Crippen LogP contribution is -2.31. The standard InChI is InChI=1S/C21H20FNO3S/c1-16-7-3-6-10-21(16)27(24,25)23(15-17-8-4-5-9-20(17)22)18-11-13-19(26-2)14-12-18/h3-14H,15H2,1-2H3. The van der Waals surface area contributed by atoms with Gasteiger partial charge in [0, 0.05) is 5.56 Å². The van der Waals surface area contributed by atoms with Crippen LogP contribution in [-0.2, 0) is 16.6 Å². The molecule has 0 aliphatic carbocycles. The van der Waals surface area contributed by atoms with Gasteiger partial charge in [-0.05, 0) is 48.9 Å². The van der Waals surface area contributed by atoms with Gasteiger partial charge in [-0.25, -0.2) is 12.8 Å². The van der Waals surface area contributed by atoms with Gasteiger partial charge in [-0.1, -0.05) is 36.4 Å². The monoisotopic (exact) mass is 385 g/mol. The SMILES string of the molecule is COc1ccc(N(Cc2ccccc2F)S(=O)(=O)c2ccccc2C)cc1. The number of methoxy groups -OCH3 is 1. The number of hydrogen-bond acceptors (Lipinski definition) is 3. The van der Waals surface area contributed by atoms with Gasteiger partial charge in [0.2, 0.25) is 0 Å². The molecule has 6 heteroatoms. The first-order chi connectivity index (χ1) is 12.9. The maximum absolute atomic E-state index is 14.2. The van der Waals surface area contributed by atoms with Gasteiger partial charge in [0.25, 0.3) is 10.0 Å². The fraction of sp³-hybridized carbons (Fsp3) is 0.143. The van der Waals surface area contributed by atoms with Crippen molar-refractivity contribution in [1.29, 1.82) is 0 Å². The molecular weight excluding hydrogens is 365 g/mol. The number of hydrogen-bond donors (Lipinski definition) is 0. The van der Waals surface area contributed by atoms with Crippen molar-refractivity contribution in [1.82, 2.24) is 0 Å². The molecular formula is C21H20FNO3S. The van der Waals surface area contributed by atoms with Crippen molar-refractivity contribution in [3.05, 3.63) is 89.7 Å². The minimum absolute atomic E-state index is 0.115. The molecule has 3 aromatic carbocycles. The van der Waals surface area contributed by atoms with Crippen LogP contribution in [0.5, 0.6) is 5.75 Å². The van der Waals surface area contributed by atoms with Crippen molar-refractivity contribution < 1.29 is 17.5 Å². The molecule has 0 radical (unpaired) electrons. The topological polar surface area (TPSA) is 46.6 Å². The maximum Gasteiger partial charge on any atom is 0.264 e. The molecule has 0 fully saturated rings. The molecule has 4 nitrogen and oxygen atoms in total. The van der Waals surface area contributed by atoms with Crippen molar-refractivity contribution >= 4 is 15.7 Å². The first-order valence-electron chi connectivity index (χ1n) is 8.39. The molecule has 0 unspecified atom stereocenters. The zero-order chi connectivity index (χ0) is 19.4. The van der Waals surface area contributed by atoms with E-state index >= 15 is 0 Å². The zero-order valence-electron chi connectivity index (χ0n) is 15.1. The van der Waals surface area contributed by atoms with Crippen LogP contribution in [0.15, 0.2) is 77.7 Å². The van der Waals surface area contributed by atoms with Crippen LogP contribution < -0.4 is 9.04 Å². The quantitative estimate of drug-likeness (QED) is 0.626. The summed E-state index contributed by atoms with van der Waals surface area (Å²) in [4.78, 5) is 0.192. The van der Waals surface area contributed by atoms with Gasteiger partial charge in [0.15, 0.2) is 0 Å². The van der Waals surface area contributed by atoms with Gasteiger partial charge in [-0.15, -0.1) is 0 Å². The van der Waals surface area contributed by atoms with Gasteiger partial charge in [-0.2, -0.15) is 0 Å². The maximum atomic E-state index is 14.2. The van der Waals surface area contributed by atoms with Crippen LogP contribution in [0.4, 0.5) is 10.1 Å². The summed E-state index contributed by atoms with van der Waals surface area (Å²) < 4.78 is 47.4. The molecule has 0 atom stereocenters. The predicted molar refractivity (Wildman–Crippen MR) is 104 cm³/mol. The summed E-state index contributed by atoms with van der Waals surface area (Å²) in [6.07, 6.45) is 0. The third-order valence-corrected chi connectivity index (χ3v) is 6.23. The van der Waals surface area contributed by atoms with Crippen molar-refractivity contribution in [3.8, 4) is 5.75 Å². The van der Waals surface area contributed by atoms with E-state index in [0.29, 0.717) is 22.6 Å². The van der Waals surface area contributed by atoms with Crippen LogP contribution in [0.2, 0.25) is 0 Å². The van der Waals surface area contributed by atoms with Crippen molar-refractivity contribution in [2.75, 3.05) is 11.4 Å². The Morgan fingerprint density at radius 3 is 2.19 bits per heavy atom. The Labute approximate surface area is 158 Å². The minimum Gasteiger partial charge on any atom is -0.497 e. The third-order valence-electron chi connectivity index (χ3n) is 4.29. The first kappa shape index (κ1) is 18.9. The fourth-order valence-electron chi connectivity index (χ4n) is 2.81. The average Bonchev–Trinajstić information content (AvgIpc) is 2.67. The molecule has 0 spiro atoms. The number of nitrogens with zero attached hydrogens (tertiary/aromatic N) is 1.